The van der Waals surface area contributed by atoms with Crippen molar-refractivity contribution in [2.75, 3.05) is 39.3 Å². The molecule has 0 unspecified atom stereocenters. The monoisotopic (exact) mass is 363 g/mol. The molecule has 142 valence electrons. The lowest BCUT2D eigenvalue weighted by Crippen LogP contribution is -2.29. The fourth-order valence-corrected chi connectivity index (χ4v) is 2.06. The number of anilines is 1. The third-order valence-corrected chi connectivity index (χ3v) is 3.24. The fourth-order valence-electron chi connectivity index (χ4n) is 2.06. The van der Waals surface area contributed by atoms with E-state index in [4.69, 9.17) is 18.9 Å². The molecule has 0 atom stereocenters. The SMILES string of the molecule is CCOC(CN/C=C(/C#N)C(=O)Nc1ccc(OC)c(OC)c1)OCC. The smallest absolute Gasteiger partial charge is 0.267 e. The van der Waals surface area contributed by atoms with Crippen LogP contribution in [0.4, 0.5) is 5.69 Å². The Labute approximate surface area is 153 Å². The summed E-state index contributed by atoms with van der Waals surface area (Å²) >= 11 is 0. The molecule has 0 fully saturated rings. The van der Waals surface area contributed by atoms with Gasteiger partial charge in [0.1, 0.15) is 11.6 Å². The van der Waals surface area contributed by atoms with Gasteiger partial charge in [0.2, 0.25) is 0 Å². The minimum Gasteiger partial charge on any atom is -0.493 e. The predicted octanol–water partition coefficient (Wildman–Crippen LogP) is 2.04. The lowest BCUT2D eigenvalue weighted by atomic mass is 10.2. The van der Waals surface area contributed by atoms with E-state index in [0.717, 1.165) is 0 Å². The topological polar surface area (TPSA) is 102 Å². The highest BCUT2D eigenvalue weighted by molar-refractivity contribution is 6.06. The molecule has 0 radical (unpaired) electrons. The number of carbonyl (C=O) groups is 1. The third kappa shape index (κ3) is 6.63. The number of hydrogen-bond donors (Lipinski definition) is 2. The van der Waals surface area contributed by atoms with Gasteiger partial charge in [0, 0.05) is 31.2 Å². The number of rotatable bonds is 11. The summed E-state index contributed by atoms with van der Waals surface area (Å²) in [5.74, 6) is 0.472. The van der Waals surface area contributed by atoms with E-state index in [1.165, 1.54) is 20.4 Å². The maximum Gasteiger partial charge on any atom is 0.267 e. The number of hydrogen-bond acceptors (Lipinski definition) is 7. The summed E-state index contributed by atoms with van der Waals surface area (Å²) in [5.41, 5.74) is 0.404. The van der Waals surface area contributed by atoms with Crippen molar-refractivity contribution in [2.24, 2.45) is 0 Å². The van der Waals surface area contributed by atoms with Crippen molar-refractivity contribution in [3.8, 4) is 17.6 Å². The van der Waals surface area contributed by atoms with Gasteiger partial charge in [-0.05, 0) is 26.0 Å². The summed E-state index contributed by atoms with van der Waals surface area (Å²) in [7, 11) is 3.03. The van der Waals surface area contributed by atoms with Gasteiger partial charge < -0.3 is 29.6 Å². The molecular formula is C18H25N3O5. The van der Waals surface area contributed by atoms with E-state index in [0.29, 0.717) is 36.9 Å². The molecule has 0 aliphatic carbocycles. The van der Waals surface area contributed by atoms with Crippen LogP contribution in [-0.2, 0) is 14.3 Å². The molecule has 0 aliphatic rings. The van der Waals surface area contributed by atoms with E-state index in [1.807, 2.05) is 19.9 Å². The first-order chi connectivity index (χ1) is 12.6. The van der Waals surface area contributed by atoms with Gasteiger partial charge >= 0.3 is 0 Å². The highest BCUT2D eigenvalue weighted by Gasteiger charge is 2.12. The number of ether oxygens (including phenoxy) is 4. The number of nitrogens with zero attached hydrogens (tertiary/aromatic N) is 1. The molecule has 0 saturated heterocycles. The van der Waals surface area contributed by atoms with Gasteiger partial charge in [-0.1, -0.05) is 0 Å². The van der Waals surface area contributed by atoms with Crippen LogP contribution in [0, 0.1) is 11.3 Å². The van der Waals surface area contributed by atoms with E-state index in [-0.39, 0.29) is 5.57 Å². The van der Waals surface area contributed by atoms with Crippen molar-refractivity contribution in [2.45, 2.75) is 20.1 Å². The molecule has 0 bridgehead atoms. The molecule has 26 heavy (non-hydrogen) atoms. The minimum atomic E-state index is -0.545. The Kier molecular flexibility index (Phi) is 9.61. The molecule has 8 heteroatoms. The van der Waals surface area contributed by atoms with Gasteiger partial charge in [-0.3, -0.25) is 4.79 Å². The predicted molar refractivity (Wildman–Crippen MR) is 96.9 cm³/mol. The standard InChI is InChI=1S/C18H25N3O5/c1-5-25-17(26-6-2)12-20-11-13(10-19)18(22)21-14-7-8-15(23-3)16(9-14)24-4/h7-9,11,17,20H,5-6,12H2,1-4H3,(H,21,22)/b13-11-. The average Bonchev–Trinajstić information content (AvgIpc) is 2.65. The average molecular weight is 363 g/mol. The molecule has 1 aromatic rings. The molecular weight excluding hydrogens is 338 g/mol. The number of nitrogens with one attached hydrogen (secondary N) is 2. The normalized spacial score (nSPS) is 11.0. The lowest BCUT2D eigenvalue weighted by Gasteiger charge is -2.16. The summed E-state index contributed by atoms with van der Waals surface area (Å²) in [6.45, 7) is 5.04. The van der Waals surface area contributed by atoms with Crippen molar-refractivity contribution in [1.29, 1.82) is 5.26 Å². The second-order valence-corrected chi connectivity index (χ2v) is 4.94. The van der Waals surface area contributed by atoms with Crippen LogP contribution in [0.5, 0.6) is 11.5 Å². The van der Waals surface area contributed by atoms with Crippen molar-refractivity contribution < 1.29 is 23.7 Å². The first kappa shape index (κ1) is 21.3. The Morgan fingerprint density at radius 3 is 2.38 bits per heavy atom. The second kappa shape index (κ2) is 11.7. The van der Waals surface area contributed by atoms with E-state index >= 15 is 0 Å². The molecule has 0 heterocycles. The van der Waals surface area contributed by atoms with E-state index in [1.54, 1.807) is 18.2 Å². The van der Waals surface area contributed by atoms with Crippen LogP contribution in [0.3, 0.4) is 0 Å². The van der Waals surface area contributed by atoms with Crippen LogP contribution in [0.1, 0.15) is 13.8 Å². The molecule has 8 nitrogen and oxygen atoms in total. The quantitative estimate of drug-likeness (QED) is 0.352. The molecule has 1 amide bonds. The highest BCUT2D eigenvalue weighted by Crippen LogP contribution is 2.29. The van der Waals surface area contributed by atoms with Crippen molar-refractivity contribution in [3.05, 3.63) is 30.0 Å². The number of amides is 1. The number of benzene rings is 1. The summed E-state index contributed by atoms with van der Waals surface area (Å²) in [4.78, 5) is 12.2. The lowest BCUT2D eigenvalue weighted by molar-refractivity contribution is -0.131. The first-order valence-corrected chi connectivity index (χ1v) is 8.19. The zero-order valence-corrected chi connectivity index (χ0v) is 15.5. The van der Waals surface area contributed by atoms with Crippen LogP contribution < -0.4 is 20.1 Å². The van der Waals surface area contributed by atoms with Gasteiger partial charge in [0.25, 0.3) is 5.91 Å². The number of methoxy groups -OCH3 is 2. The largest absolute Gasteiger partial charge is 0.493 e. The Morgan fingerprint density at radius 2 is 1.85 bits per heavy atom. The molecule has 0 saturated carbocycles. The Balaban J connectivity index is 2.72. The van der Waals surface area contributed by atoms with Gasteiger partial charge in [0.05, 0.1) is 20.8 Å². The molecule has 0 spiro atoms. The van der Waals surface area contributed by atoms with Crippen LogP contribution in [0.15, 0.2) is 30.0 Å². The van der Waals surface area contributed by atoms with Crippen molar-refractivity contribution in [1.82, 2.24) is 5.32 Å². The Morgan fingerprint density at radius 1 is 1.19 bits per heavy atom. The van der Waals surface area contributed by atoms with Crippen LogP contribution >= 0.6 is 0 Å². The maximum atomic E-state index is 12.2. The Bertz CT molecular complexity index is 649. The third-order valence-electron chi connectivity index (χ3n) is 3.24. The van der Waals surface area contributed by atoms with E-state index < -0.39 is 12.2 Å². The molecule has 1 rings (SSSR count). The van der Waals surface area contributed by atoms with E-state index in [9.17, 15) is 10.1 Å². The molecule has 1 aromatic carbocycles. The molecule has 2 N–H and O–H groups in total. The van der Waals surface area contributed by atoms with Gasteiger partial charge in [0.15, 0.2) is 17.8 Å². The zero-order chi connectivity index (χ0) is 19.4. The highest BCUT2D eigenvalue weighted by atomic mass is 16.7. The summed E-state index contributed by atoms with van der Waals surface area (Å²) in [6.07, 6.45) is 0.885. The van der Waals surface area contributed by atoms with Crippen molar-refractivity contribution in [3.63, 3.8) is 0 Å². The van der Waals surface area contributed by atoms with Gasteiger partial charge in [-0.15, -0.1) is 0 Å². The minimum absolute atomic E-state index is 0.0773. The summed E-state index contributed by atoms with van der Waals surface area (Å²) in [6, 6.07) is 6.79. The zero-order valence-electron chi connectivity index (χ0n) is 15.5. The molecule has 0 aromatic heterocycles. The maximum absolute atomic E-state index is 12.2. The van der Waals surface area contributed by atoms with Crippen LogP contribution in [-0.4, -0.2) is 46.2 Å². The molecule has 0 aliphatic heterocycles. The van der Waals surface area contributed by atoms with Gasteiger partial charge in [-0.2, -0.15) is 5.26 Å². The van der Waals surface area contributed by atoms with Crippen molar-refractivity contribution >= 4 is 11.6 Å². The fraction of sp³-hybridized carbons (Fsp3) is 0.444. The first-order valence-electron chi connectivity index (χ1n) is 8.19. The number of nitriles is 1. The Hall–Kier alpha value is -2.76. The summed E-state index contributed by atoms with van der Waals surface area (Å²) in [5, 5.41) is 14.7. The van der Waals surface area contributed by atoms with Crippen LogP contribution in [0.25, 0.3) is 0 Å². The summed E-state index contributed by atoms with van der Waals surface area (Å²) < 4.78 is 21.1. The van der Waals surface area contributed by atoms with E-state index in [2.05, 4.69) is 10.6 Å². The second-order valence-electron chi connectivity index (χ2n) is 4.94. The number of carbonyl (C=O) groups excluding carboxylic acids is 1. The van der Waals surface area contributed by atoms with Gasteiger partial charge in [-0.25, -0.2) is 0 Å². The van der Waals surface area contributed by atoms with Crippen LogP contribution in [0.2, 0.25) is 0 Å².